The molecule has 0 radical (unpaired) electrons. The zero-order valence-corrected chi connectivity index (χ0v) is 14.6. The number of likely N-dealkylation sites (tertiary alicyclic amines) is 1. The molecule has 6 nitrogen and oxygen atoms in total. The van der Waals surface area contributed by atoms with Gasteiger partial charge in [-0.3, -0.25) is 4.98 Å². The Hall–Kier alpha value is -1.02. The Kier molecular flexibility index (Phi) is 4.73. The zero-order valence-electron chi connectivity index (χ0n) is 13.8. The van der Waals surface area contributed by atoms with Crippen molar-refractivity contribution in [3.8, 4) is 0 Å². The molecule has 1 aromatic heterocycles. The first-order valence-electron chi connectivity index (χ1n) is 8.06. The maximum absolute atomic E-state index is 12.7. The molecule has 1 aromatic rings. The average Bonchev–Trinajstić information content (AvgIpc) is 2.84. The van der Waals surface area contributed by atoms with Crippen molar-refractivity contribution in [2.24, 2.45) is 5.41 Å². The van der Waals surface area contributed by atoms with E-state index in [0.29, 0.717) is 19.1 Å². The second-order valence-electron chi connectivity index (χ2n) is 6.82. The summed E-state index contributed by atoms with van der Waals surface area (Å²) >= 11 is 0. The van der Waals surface area contributed by atoms with E-state index in [2.05, 4.69) is 16.9 Å². The monoisotopic (exact) mass is 339 g/mol. The summed E-state index contributed by atoms with van der Waals surface area (Å²) in [6.45, 7) is 2.95. The summed E-state index contributed by atoms with van der Waals surface area (Å²) in [7, 11) is 0.461. The molecule has 0 bridgehead atoms. The number of hydrogen-bond donors (Lipinski definition) is 0. The molecule has 2 aliphatic rings. The largest absolute Gasteiger partial charge is 0.383 e. The van der Waals surface area contributed by atoms with E-state index in [1.54, 1.807) is 29.7 Å². The van der Waals surface area contributed by atoms with Crippen LogP contribution in [-0.2, 0) is 14.8 Å². The third-order valence-electron chi connectivity index (χ3n) is 5.29. The van der Waals surface area contributed by atoms with Crippen molar-refractivity contribution in [1.29, 1.82) is 0 Å². The van der Waals surface area contributed by atoms with Gasteiger partial charge in [0.1, 0.15) is 4.90 Å². The van der Waals surface area contributed by atoms with Gasteiger partial charge in [-0.2, -0.15) is 4.31 Å². The minimum atomic E-state index is -3.41. The van der Waals surface area contributed by atoms with E-state index in [4.69, 9.17) is 4.74 Å². The van der Waals surface area contributed by atoms with Crippen molar-refractivity contribution in [2.45, 2.75) is 30.2 Å². The van der Waals surface area contributed by atoms with Crippen LogP contribution in [0.1, 0.15) is 19.3 Å². The molecule has 2 fully saturated rings. The first-order valence-corrected chi connectivity index (χ1v) is 9.50. The van der Waals surface area contributed by atoms with Crippen molar-refractivity contribution >= 4 is 10.0 Å². The Morgan fingerprint density at radius 2 is 2.13 bits per heavy atom. The summed E-state index contributed by atoms with van der Waals surface area (Å²) in [5.41, 5.74) is 0.235. The first kappa shape index (κ1) is 16.8. The lowest BCUT2D eigenvalue weighted by Crippen LogP contribution is -2.44. The van der Waals surface area contributed by atoms with Gasteiger partial charge in [-0.25, -0.2) is 8.42 Å². The molecule has 3 rings (SSSR count). The minimum absolute atomic E-state index is 0.235. The van der Waals surface area contributed by atoms with Gasteiger partial charge >= 0.3 is 0 Å². The number of likely N-dealkylation sites (N-methyl/N-ethyl adjacent to an activating group) is 1. The van der Waals surface area contributed by atoms with Crippen LogP contribution in [0.2, 0.25) is 0 Å². The number of ether oxygens (including phenoxy) is 1. The van der Waals surface area contributed by atoms with Crippen LogP contribution in [0.5, 0.6) is 0 Å². The van der Waals surface area contributed by atoms with E-state index in [1.165, 1.54) is 6.20 Å². The number of piperidine rings is 1. The van der Waals surface area contributed by atoms with Gasteiger partial charge in [0.15, 0.2) is 0 Å². The molecule has 0 aromatic carbocycles. The van der Waals surface area contributed by atoms with Crippen molar-refractivity contribution in [1.82, 2.24) is 14.2 Å². The number of methoxy groups -OCH3 is 1. The topological polar surface area (TPSA) is 62.7 Å². The molecular formula is C16H25N3O3S. The fraction of sp³-hybridized carbons (Fsp3) is 0.688. The second kappa shape index (κ2) is 6.47. The van der Waals surface area contributed by atoms with Gasteiger partial charge in [0.2, 0.25) is 10.0 Å². The Balaban J connectivity index is 1.67. The predicted octanol–water partition coefficient (Wildman–Crippen LogP) is 1.20. The number of rotatable bonds is 4. The molecule has 1 atom stereocenters. The van der Waals surface area contributed by atoms with Gasteiger partial charge in [0.25, 0.3) is 0 Å². The van der Waals surface area contributed by atoms with Gasteiger partial charge in [0, 0.05) is 45.2 Å². The summed E-state index contributed by atoms with van der Waals surface area (Å²) in [5.74, 6) is 0. The van der Waals surface area contributed by atoms with Gasteiger partial charge < -0.3 is 9.64 Å². The average molecular weight is 339 g/mol. The van der Waals surface area contributed by atoms with Gasteiger partial charge in [-0.15, -0.1) is 0 Å². The summed E-state index contributed by atoms with van der Waals surface area (Å²) in [5, 5.41) is 0. The van der Waals surface area contributed by atoms with Crippen LogP contribution in [0.15, 0.2) is 29.4 Å². The summed E-state index contributed by atoms with van der Waals surface area (Å²) < 4.78 is 32.3. The maximum atomic E-state index is 12.7. The second-order valence-corrected chi connectivity index (χ2v) is 8.76. The maximum Gasteiger partial charge on any atom is 0.244 e. The van der Waals surface area contributed by atoms with Crippen LogP contribution in [0.25, 0.3) is 0 Å². The normalized spacial score (nSPS) is 25.9. The molecule has 2 aliphatic heterocycles. The third-order valence-corrected chi connectivity index (χ3v) is 7.17. The van der Waals surface area contributed by atoms with E-state index in [9.17, 15) is 8.42 Å². The number of sulfonamides is 1. The highest BCUT2D eigenvalue weighted by molar-refractivity contribution is 7.89. The van der Waals surface area contributed by atoms with E-state index in [0.717, 1.165) is 32.4 Å². The molecule has 128 valence electrons. The van der Waals surface area contributed by atoms with Crippen LogP contribution in [0, 0.1) is 5.41 Å². The molecule has 0 unspecified atom stereocenters. The Morgan fingerprint density at radius 1 is 1.39 bits per heavy atom. The van der Waals surface area contributed by atoms with Crippen LogP contribution in [0.4, 0.5) is 0 Å². The van der Waals surface area contributed by atoms with Gasteiger partial charge in [0.05, 0.1) is 6.61 Å². The fourth-order valence-electron chi connectivity index (χ4n) is 3.97. The lowest BCUT2D eigenvalue weighted by molar-refractivity contribution is 0.129. The van der Waals surface area contributed by atoms with Crippen molar-refractivity contribution < 1.29 is 13.2 Å². The van der Waals surface area contributed by atoms with E-state index in [-0.39, 0.29) is 10.3 Å². The molecule has 23 heavy (non-hydrogen) atoms. The fourth-order valence-corrected chi connectivity index (χ4v) is 5.37. The molecule has 0 aliphatic carbocycles. The quantitative estimate of drug-likeness (QED) is 0.825. The van der Waals surface area contributed by atoms with Crippen LogP contribution >= 0.6 is 0 Å². The van der Waals surface area contributed by atoms with Crippen molar-refractivity contribution in [3.63, 3.8) is 0 Å². The number of nitrogens with zero attached hydrogens (tertiary/aromatic N) is 3. The molecule has 2 saturated heterocycles. The molecule has 0 N–H and O–H groups in total. The first-order chi connectivity index (χ1) is 11.0. The third kappa shape index (κ3) is 3.28. The molecule has 1 spiro atoms. The van der Waals surface area contributed by atoms with Crippen molar-refractivity contribution in [3.05, 3.63) is 24.5 Å². The molecule has 0 saturated carbocycles. The summed E-state index contributed by atoms with van der Waals surface area (Å²) in [4.78, 5) is 6.58. The van der Waals surface area contributed by atoms with Crippen LogP contribution in [-0.4, -0.2) is 69.0 Å². The summed E-state index contributed by atoms with van der Waals surface area (Å²) in [6, 6.07) is 3.73. The van der Waals surface area contributed by atoms with E-state index >= 15 is 0 Å². The van der Waals surface area contributed by atoms with Crippen LogP contribution < -0.4 is 0 Å². The molecule has 3 heterocycles. The molecule has 7 heteroatoms. The van der Waals surface area contributed by atoms with Crippen molar-refractivity contribution in [2.75, 3.05) is 40.4 Å². The lowest BCUT2D eigenvalue weighted by atomic mass is 9.77. The van der Waals surface area contributed by atoms with Gasteiger partial charge in [-0.1, -0.05) is 0 Å². The number of aromatic nitrogens is 1. The number of pyridine rings is 1. The van der Waals surface area contributed by atoms with E-state index in [1.807, 2.05) is 0 Å². The summed E-state index contributed by atoms with van der Waals surface area (Å²) in [6.07, 6.45) is 5.94. The highest BCUT2D eigenvalue weighted by atomic mass is 32.2. The SMILES string of the molecule is COC[C@@H]1CC2(CCN(S(=O)(=O)c3cccnc3)CC2)CN1C. The Morgan fingerprint density at radius 3 is 2.74 bits per heavy atom. The smallest absolute Gasteiger partial charge is 0.244 e. The standard InChI is InChI=1S/C16H25N3O3S/c1-18-13-16(10-14(18)12-22-2)5-8-19(9-6-16)23(20,21)15-4-3-7-17-11-15/h3-4,7,11,14H,5-6,8-10,12-13H2,1-2H3/t14-/m0/s1. The number of hydrogen-bond acceptors (Lipinski definition) is 5. The highest BCUT2D eigenvalue weighted by Crippen LogP contribution is 2.43. The zero-order chi connectivity index (χ0) is 16.5. The Labute approximate surface area is 138 Å². The lowest BCUT2D eigenvalue weighted by Gasteiger charge is -2.38. The van der Waals surface area contributed by atoms with Gasteiger partial charge in [-0.05, 0) is 43.9 Å². The highest BCUT2D eigenvalue weighted by Gasteiger charge is 2.45. The molecular weight excluding hydrogens is 314 g/mol. The molecule has 0 amide bonds. The van der Waals surface area contributed by atoms with Crippen LogP contribution in [0.3, 0.4) is 0 Å². The predicted molar refractivity (Wildman–Crippen MR) is 87.6 cm³/mol. The van der Waals surface area contributed by atoms with E-state index < -0.39 is 10.0 Å². The minimum Gasteiger partial charge on any atom is -0.383 e. The Bertz CT molecular complexity index is 627.